The quantitative estimate of drug-likeness (QED) is 0.712. The number of aryl methyl sites for hydroxylation is 1. The van der Waals surface area contributed by atoms with E-state index in [2.05, 4.69) is 46.4 Å². The second-order valence-corrected chi connectivity index (χ2v) is 5.88. The van der Waals surface area contributed by atoms with Crippen molar-refractivity contribution in [1.29, 1.82) is 0 Å². The molecule has 0 atom stereocenters. The van der Waals surface area contributed by atoms with Gasteiger partial charge in [0.05, 0.1) is 13.7 Å². The van der Waals surface area contributed by atoms with Crippen molar-refractivity contribution in [2.45, 2.75) is 13.5 Å². The van der Waals surface area contributed by atoms with E-state index in [-0.39, 0.29) is 0 Å². The van der Waals surface area contributed by atoms with Crippen LogP contribution < -0.4 is 10.1 Å². The van der Waals surface area contributed by atoms with Crippen LogP contribution in [0.2, 0.25) is 0 Å². The molecule has 1 aromatic heterocycles. The molecular weight excluding hydrogens is 330 g/mol. The molecule has 3 aromatic rings. The third-order valence-corrected chi connectivity index (χ3v) is 3.75. The first-order valence-electron chi connectivity index (χ1n) is 6.72. The zero-order valence-electron chi connectivity index (χ0n) is 11.9. The van der Waals surface area contributed by atoms with Crippen molar-refractivity contribution >= 4 is 32.6 Å². The molecule has 3 nitrogen and oxygen atoms in total. The number of hydrogen-bond donors (Lipinski definition) is 1. The topological polar surface area (TPSA) is 34.4 Å². The number of benzene rings is 2. The largest absolute Gasteiger partial charge is 0.493 e. The van der Waals surface area contributed by atoms with E-state index in [1.165, 1.54) is 5.56 Å². The van der Waals surface area contributed by atoms with Crippen LogP contribution in [0.25, 0.3) is 11.0 Å². The van der Waals surface area contributed by atoms with Crippen LogP contribution in [-0.4, -0.2) is 7.11 Å². The maximum absolute atomic E-state index is 5.87. The Kier molecular flexibility index (Phi) is 3.88. The first-order chi connectivity index (χ1) is 10.2. The Morgan fingerprint density at radius 3 is 2.81 bits per heavy atom. The van der Waals surface area contributed by atoms with Crippen molar-refractivity contribution in [3.8, 4) is 5.75 Å². The molecule has 0 unspecified atom stereocenters. The predicted molar refractivity (Wildman–Crippen MR) is 89.0 cm³/mol. The van der Waals surface area contributed by atoms with Gasteiger partial charge in [0.25, 0.3) is 0 Å². The number of para-hydroxylation sites is 1. The number of halogens is 1. The molecule has 0 fully saturated rings. The molecule has 0 radical (unpaired) electrons. The minimum absolute atomic E-state index is 0.633. The molecule has 3 rings (SSSR count). The third kappa shape index (κ3) is 3.05. The van der Waals surface area contributed by atoms with Crippen LogP contribution in [0.5, 0.6) is 5.75 Å². The summed E-state index contributed by atoms with van der Waals surface area (Å²) in [5, 5.41) is 4.43. The maximum atomic E-state index is 5.87. The van der Waals surface area contributed by atoms with Crippen molar-refractivity contribution in [3.63, 3.8) is 0 Å². The number of anilines is 1. The molecule has 1 N–H and O–H groups in total. The molecular formula is C17H16BrNO2. The third-order valence-electron chi connectivity index (χ3n) is 3.29. The summed E-state index contributed by atoms with van der Waals surface area (Å²) < 4.78 is 12.3. The number of nitrogens with one attached hydrogen (secondary N) is 1. The fraction of sp³-hybridized carbons (Fsp3) is 0.176. The molecule has 4 heteroatoms. The first-order valence-corrected chi connectivity index (χ1v) is 7.51. The van der Waals surface area contributed by atoms with Crippen LogP contribution in [0.1, 0.15) is 11.3 Å². The first kappa shape index (κ1) is 14.0. The van der Waals surface area contributed by atoms with E-state index in [1.807, 2.05) is 24.3 Å². The summed E-state index contributed by atoms with van der Waals surface area (Å²) in [6.07, 6.45) is 0. The molecule has 21 heavy (non-hydrogen) atoms. The number of ether oxygens (including phenoxy) is 1. The van der Waals surface area contributed by atoms with Gasteiger partial charge in [-0.1, -0.05) is 28.1 Å². The molecule has 2 aromatic carbocycles. The molecule has 1 heterocycles. The van der Waals surface area contributed by atoms with Gasteiger partial charge in [-0.2, -0.15) is 0 Å². The van der Waals surface area contributed by atoms with Gasteiger partial charge in [-0.25, -0.2) is 0 Å². The fourth-order valence-electron chi connectivity index (χ4n) is 2.37. The highest BCUT2D eigenvalue weighted by atomic mass is 79.9. The van der Waals surface area contributed by atoms with Gasteiger partial charge in [0.15, 0.2) is 11.3 Å². The smallest absolute Gasteiger partial charge is 0.176 e. The minimum Gasteiger partial charge on any atom is -0.493 e. The Balaban J connectivity index is 1.82. The van der Waals surface area contributed by atoms with Gasteiger partial charge >= 0.3 is 0 Å². The molecule has 0 amide bonds. The van der Waals surface area contributed by atoms with Crippen LogP contribution in [0.15, 0.2) is 51.4 Å². The summed E-state index contributed by atoms with van der Waals surface area (Å²) in [6, 6.07) is 14.2. The number of rotatable bonds is 4. The van der Waals surface area contributed by atoms with Crippen LogP contribution in [0, 0.1) is 6.92 Å². The van der Waals surface area contributed by atoms with E-state index in [0.717, 1.165) is 32.6 Å². The van der Waals surface area contributed by atoms with Crippen molar-refractivity contribution < 1.29 is 9.15 Å². The highest BCUT2D eigenvalue weighted by Gasteiger charge is 2.08. The number of fused-ring (bicyclic) bond motifs is 1. The highest BCUT2D eigenvalue weighted by molar-refractivity contribution is 9.10. The van der Waals surface area contributed by atoms with E-state index >= 15 is 0 Å². The summed E-state index contributed by atoms with van der Waals surface area (Å²) >= 11 is 3.51. The second kappa shape index (κ2) is 5.82. The van der Waals surface area contributed by atoms with Crippen molar-refractivity contribution in [2.24, 2.45) is 0 Å². The Labute approximate surface area is 132 Å². The van der Waals surface area contributed by atoms with E-state index in [4.69, 9.17) is 9.15 Å². The zero-order valence-corrected chi connectivity index (χ0v) is 13.5. The van der Waals surface area contributed by atoms with Crippen LogP contribution >= 0.6 is 15.9 Å². The van der Waals surface area contributed by atoms with Crippen molar-refractivity contribution in [1.82, 2.24) is 0 Å². The average molecular weight is 346 g/mol. The lowest BCUT2D eigenvalue weighted by Crippen LogP contribution is -1.98. The molecule has 0 aliphatic carbocycles. The lowest BCUT2D eigenvalue weighted by Gasteiger charge is -2.06. The highest BCUT2D eigenvalue weighted by Crippen LogP contribution is 2.29. The Morgan fingerprint density at radius 1 is 1.19 bits per heavy atom. The molecule has 0 bridgehead atoms. The van der Waals surface area contributed by atoms with Crippen LogP contribution in [0.4, 0.5) is 5.69 Å². The summed E-state index contributed by atoms with van der Waals surface area (Å²) in [7, 11) is 1.65. The normalized spacial score (nSPS) is 10.8. The van der Waals surface area contributed by atoms with Crippen LogP contribution in [0.3, 0.4) is 0 Å². The van der Waals surface area contributed by atoms with Crippen molar-refractivity contribution in [2.75, 3.05) is 12.4 Å². The van der Waals surface area contributed by atoms with Gasteiger partial charge in [-0.05, 0) is 42.8 Å². The van der Waals surface area contributed by atoms with Gasteiger partial charge in [0, 0.05) is 15.5 Å². The fourth-order valence-corrected chi connectivity index (χ4v) is 2.97. The van der Waals surface area contributed by atoms with Gasteiger partial charge in [-0.3, -0.25) is 0 Å². The zero-order chi connectivity index (χ0) is 14.8. The lowest BCUT2D eigenvalue weighted by molar-refractivity contribution is 0.408. The van der Waals surface area contributed by atoms with E-state index in [1.54, 1.807) is 7.11 Å². The van der Waals surface area contributed by atoms with Crippen LogP contribution in [-0.2, 0) is 6.54 Å². The van der Waals surface area contributed by atoms with Crippen molar-refractivity contribution in [3.05, 3.63) is 58.3 Å². The average Bonchev–Trinajstić information content (AvgIpc) is 2.87. The molecule has 0 saturated carbocycles. The number of methoxy groups -OCH3 is 1. The van der Waals surface area contributed by atoms with Gasteiger partial charge in [0.2, 0.25) is 0 Å². The summed E-state index contributed by atoms with van der Waals surface area (Å²) in [4.78, 5) is 0. The van der Waals surface area contributed by atoms with E-state index in [0.29, 0.717) is 6.54 Å². The Hall–Kier alpha value is -1.94. The molecule has 0 spiro atoms. The lowest BCUT2D eigenvalue weighted by atomic mass is 10.2. The molecule has 0 aliphatic heterocycles. The second-order valence-electron chi connectivity index (χ2n) is 4.96. The predicted octanol–water partition coefficient (Wildman–Crippen LogP) is 5.12. The molecule has 108 valence electrons. The maximum Gasteiger partial charge on any atom is 0.176 e. The number of furan rings is 1. The monoisotopic (exact) mass is 345 g/mol. The Morgan fingerprint density at radius 2 is 2.05 bits per heavy atom. The Bertz CT molecular complexity index is 759. The van der Waals surface area contributed by atoms with Gasteiger partial charge in [0.1, 0.15) is 5.76 Å². The standard InChI is InChI=1S/C17H16BrNO2/c1-11-6-13(18)9-14(7-11)19-10-15-8-12-4-3-5-16(20-2)17(12)21-15/h3-9,19H,10H2,1-2H3. The SMILES string of the molecule is COc1cccc2cc(CNc3cc(C)cc(Br)c3)oc12. The van der Waals surface area contributed by atoms with Gasteiger partial charge in [-0.15, -0.1) is 0 Å². The van der Waals surface area contributed by atoms with E-state index in [9.17, 15) is 0 Å². The number of hydrogen-bond acceptors (Lipinski definition) is 3. The summed E-state index contributed by atoms with van der Waals surface area (Å²) in [5.41, 5.74) is 3.06. The minimum atomic E-state index is 0.633. The molecule has 0 saturated heterocycles. The summed E-state index contributed by atoms with van der Waals surface area (Å²) in [6.45, 7) is 2.70. The van der Waals surface area contributed by atoms with Gasteiger partial charge < -0.3 is 14.5 Å². The summed E-state index contributed by atoms with van der Waals surface area (Å²) in [5.74, 6) is 1.64. The molecule has 0 aliphatic rings. The van der Waals surface area contributed by atoms with E-state index < -0.39 is 0 Å².